The molecule has 1 N–H and O–H groups in total. The number of ketones is 1. The quantitative estimate of drug-likeness (QED) is 0.457. The maximum atomic E-state index is 12.3. The molecule has 0 radical (unpaired) electrons. The maximum Gasteiger partial charge on any atom is 0.189 e. The van der Waals surface area contributed by atoms with Gasteiger partial charge in [0, 0.05) is 17.2 Å². The molecular formula is C20H21ClO3. The highest BCUT2D eigenvalue weighted by Gasteiger charge is 2.14. The van der Waals surface area contributed by atoms with Crippen molar-refractivity contribution in [3.8, 4) is 5.75 Å². The zero-order valence-corrected chi connectivity index (χ0v) is 15.0. The van der Waals surface area contributed by atoms with Crippen LogP contribution in [0.4, 0.5) is 0 Å². The predicted molar refractivity (Wildman–Crippen MR) is 98.1 cm³/mol. The van der Waals surface area contributed by atoms with Gasteiger partial charge in [-0.25, -0.2) is 0 Å². The normalized spacial score (nSPS) is 12.1. The van der Waals surface area contributed by atoms with Crippen LogP contribution in [0.2, 0.25) is 5.02 Å². The molecule has 0 heterocycles. The number of ether oxygens (including phenoxy) is 1. The van der Waals surface area contributed by atoms with E-state index in [1.165, 1.54) is 13.2 Å². The number of benzene rings is 2. The van der Waals surface area contributed by atoms with Gasteiger partial charge in [-0.05, 0) is 29.2 Å². The van der Waals surface area contributed by atoms with E-state index in [2.05, 4.69) is 20.8 Å². The Morgan fingerprint density at radius 3 is 2.17 bits per heavy atom. The molecule has 126 valence electrons. The van der Waals surface area contributed by atoms with Gasteiger partial charge < -0.3 is 9.84 Å². The van der Waals surface area contributed by atoms with E-state index in [0.29, 0.717) is 21.9 Å². The number of aliphatic hydroxyl groups excluding tert-OH is 1. The van der Waals surface area contributed by atoms with E-state index in [-0.39, 0.29) is 17.0 Å². The minimum atomic E-state index is -0.264. The molecule has 0 saturated carbocycles. The fourth-order valence-corrected chi connectivity index (χ4v) is 2.51. The van der Waals surface area contributed by atoms with Gasteiger partial charge in [-0.15, -0.1) is 0 Å². The van der Waals surface area contributed by atoms with Crippen LogP contribution in [0.5, 0.6) is 5.75 Å². The van der Waals surface area contributed by atoms with Crippen LogP contribution in [-0.2, 0) is 5.41 Å². The minimum Gasteiger partial charge on any atom is -0.507 e. The van der Waals surface area contributed by atoms with Crippen LogP contribution in [0, 0.1) is 0 Å². The summed E-state index contributed by atoms with van der Waals surface area (Å²) in [6.45, 7) is 6.34. The molecule has 2 rings (SSSR count). The zero-order chi connectivity index (χ0) is 17.9. The third-order valence-corrected chi connectivity index (χ3v) is 4.05. The molecule has 4 heteroatoms. The first-order valence-electron chi connectivity index (χ1n) is 7.62. The van der Waals surface area contributed by atoms with Crippen molar-refractivity contribution in [2.24, 2.45) is 0 Å². The van der Waals surface area contributed by atoms with Crippen molar-refractivity contribution < 1.29 is 14.6 Å². The number of hydrogen-bond donors (Lipinski definition) is 1. The number of rotatable bonds is 4. The van der Waals surface area contributed by atoms with Gasteiger partial charge in [-0.2, -0.15) is 0 Å². The largest absolute Gasteiger partial charge is 0.507 e. The summed E-state index contributed by atoms with van der Waals surface area (Å²) in [7, 11) is 1.52. The van der Waals surface area contributed by atoms with E-state index in [4.69, 9.17) is 16.3 Å². The molecule has 2 aromatic rings. The zero-order valence-electron chi connectivity index (χ0n) is 14.3. The number of methoxy groups -OCH3 is 1. The van der Waals surface area contributed by atoms with E-state index in [1.807, 2.05) is 12.1 Å². The summed E-state index contributed by atoms with van der Waals surface area (Å²) in [5.74, 6) is 0.113. The van der Waals surface area contributed by atoms with Crippen molar-refractivity contribution in [1.29, 1.82) is 0 Å². The Morgan fingerprint density at radius 2 is 1.67 bits per heavy atom. The third kappa shape index (κ3) is 4.18. The number of carbonyl (C=O) groups excluding carboxylic acids is 1. The Balaban J connectivity index is 2.23. The Kier molecular flexibility index (Phi) is 5.35. The lowest BCUT2D eigenvalue weighted by Gasteiger charge is -2.18. The lowest BCUT2D eigenvalue weighted by Crippen LogP contribution is -2.11. The van der Waals surface area contributed by atoms with Crippen molar-refractivity contribution in [2.75, 3.05) is 7.11 Å². The molecular weight excluding hydrogens is 324 g/mol. The molecule has 0 bridgehead atoms. The lowest BCUT2D eigenvalue weighted by atomic mass is 9.86. The summed E-state index contributed by atoms with van der Waals surface area (Å²) in [6, 6.07) is 12.3. The Hall–Kier alpha value is -2.26. The average molecular weight is 345 g/mol. The van der Waals surface area contributed by atoms with E-state index in [9.17, 15) is 9.90 Å². The summed E-state index contributed by atoms with van der Waals surface area (Å²) < 4.78 is 5.07. The molecule has 0 aliphatic heterocycles. The second-order valence-electron chi connectivity index (χ2n) is 6.57. The number of halogens is 1. The number of hydrogen-bond acceptors (Lipinski definition) is 3. The van der Waals surface area contributed by atoms with Crippen LogP contribution < -0.4 is 4.74 Å². The van der Waals surface area contributed by atoms with E-state index in [1.54, 1.807) is 30.3 Å². The summed E-state index contributed by atoms with van der Waals surface area (Å²) in [6.07, 6.45) is 1.20. The summed E-state index contributed by atoms with van der Waals surface area (Å²) >= 11 is 6.04. The summed E-state index contributed by atoms with van der Waals surface area (Å²) in [5, 5.41) is 10.5. The van der Waals surface area contributed by atoms with Crippen molar-refractivity contribution in [2.45, 2.75) is 26.2 Å². The van der Waals surface area contributed by atoms with E-state index in [0.717, 1.165) is 5.56 Å². The van der Waals surface area contributed by atoms with Gasteiger partial charge in [0.15, 0.2) is 5.78 Å². The molecule has 3 nitrogen and oxygen atoms in total. The molecule has 0 fully saturated rings. The van der Waals surface area contributed by atoms with Crippen LogP contribution in [0.1, 0.15) is 42.3 Å². The van der Waals surface area contributed by atoms with Crippen LogP contribution >= 0.6 is 11.6 Å². The van der Waals surface area contributed by atoms with E-state index >= 15 is 0 Å². The number of aliphatic hydroxyl groups is 1. The molecule has 0 spiro atoms. The van der Waals surface area contributed by atoms with Gasteiger partial charge in [-0.1, -0.05) is 56.6 Å². The summed E-state index contributed by atoms with van der Waals surface area (Å²) in [5.41, 5.74) is 2.16. The van der Waals surface area contributed by atoms with Gasteiger partial charge in [0.2, 0.25) is 0 Å². The van der Waals surface area contributed by atoms with Gasteiger partial charge in [0.1, 0.15) is 11.5 Å². The Bertz CT molecular complexity index is 768. The van der Waals surface area contributed by atoms with Gasteiger partial charge >= 0.3 is 0 Å². The van der Waals surface area contributed by atoms with Crippen LogP contribution in [0.15, 0.2) is 48.5 Å². The van der Waals surface area contributed by atoms with Gasteiger partial charge in [0.05, 0.1) is 12.1 Å². The van der Waals surface area contributed by atoms with Crippen molar-refractivity contribution in [3.05, 3.63) is 70.3 Å². The fraction of sp³-hybridized carbons (Fsp3) is 0.250. The molecule has 0 amide bonds. The van der Waals surface area contributed by atoms with Crippen molar-refractivity contribution >= 4 is 23.1 Å². The molecule has 0 unspecified atom stereocenters. The number of carbonyl (C=O) groups is 1. The highest BCUT2D eigenvalue weighted by Crippen LogP contribution is 2.27. The van der Waals surface area contributed by atoms with Crippen LogP contribution in [0.25, 0.3) is 5.76 Å². The molecule has 0 aliphatic rings. The highest BCUT2D eigenvalue weighted by molar-refractivity contribution is 6.32. The average Bonchev–Trinajstić information content (AvgIpc) is 2.54. The molecule has 0 saturated heterocycles. The minimum absolute atomic E-state index is 0.0272. The first-order chi connectivity index (χ1) is 11.2. The second kappa shape index (κ2) is 7.10. The molecule has 2 aromatic carbocycles. The Labute approximate surface area is 147 Å². The van der Waals surface area contributed by atoms with Crippen LogP contribution in [0.3, 0.4) is 0 Å². The maximum absolute atomic E-state index is 12.3. The van der Waals surface area contributed by atoms with Gasteiger partial charge in [-0.3, -0.25) is 4.79 Å². The van der Waals surface area contributed by atoms with Crippen molar-refractivity contribution in [1.82, 2.24) is 0 Å². The van der Waals surface area contributed by atoms with Crippen LogP contribution in [-0.4, -0.2) is 18.0 Å². The highest BCUT2D eigenvalue weighted by atomic mass is 35.5. The topological polar surface area (TPSA) is 46.5 Å². The molecule has 24 heavy (non-hydrogen) atoms. The standard InChI is InChI=1S/C20H21ClO3/c1-20(2,3)15-8-5-13(6-9-15)17(22)12-18(23)14-7-10-19(24-4)16(21)11-14/h5-12,23H,1-4H3. The molecule has 0 aromatic heterocycles. The summed E-state index contributed by atoms with van der Waals surface area (Å²) in [4.78, 5) is 12.3. The smallest absolute Gasteiger partial charge is 0.189 e. The predicted octanol–water partition coefficient (Wildman–Crippen LogP) is 5.43. The van der Waals surface area contributed by atoms with Gasteiger partial charge in [0.25, 0.3) is 0 Å². The SMILES string of the molecule is COc1ccc(C(O)=CC(=O)c2ccc(C(C)(C)C)cc2)cc1Cl. The first kappa shape index (κ1) is 18.1. The number of allylic oxidation sites excluding steroid dienone is 1. The monoisotopic (exact) mass is 344 g/mol. The third-order valence-electron chi connectivity index (χ3n) is 3.75. The van der Waals surface area contributed by atoms with Crippen molar-refractivity contribution in [3.63, 3.8) is 0 Å². The second-order valence-corrected chi connectivity index (χ2v) is 6.98. The lowest BCUT2D eigenvalue weighted by molar-refractivity contribution is 0.104. The Morgan fingerprint density at radius 1 is 1.08 bits per heavy atom. The first-order valence-corrected chi connectivity index (χ1v) is 7.99. The van der Waals surface area contributed by atoms with E-state index < -0.39 is 0 Å². The molecule has 0 atom stereocenters. The fourth-order valence-electron chi connectivity index (χ4n) is 2.25. The molecule has 0 aliphatic carbocycles.